The normalized spacial score (nSPS) is 14.6. The molecule has 0 rings (SSSR count). The van der Waals surface area contributed by atoms with Crippen LogP contribution in [0.2, 0.25) is 18.1 Å². The molecule has 0 aromatic rings. The molecule has 0 aliphatic carbocycles. The predicted octanol–water partition coefficient (Wildman–Crippen LogP) is -0.543. The SMILES string of the molecule is O=P(O)(O)CC[Si](O)(CCP(=O)(O)O)CCP(=O)(O)O. The molecule has 0 atom stereocenters. The minimum Gasteiger partial charge on any atom is -0.432 e. The monoisotopic (exact) mass is 372 g/mol. The van der Waals surface area contributed by atoms with Crippen molar-refractivity contribution < 1.29 is 47.9 Å². The lowest BCUT2D eigenvalue weighted by molar-refractivity contribution is 0.373. The third kappa shape index (κ3) is 12.4. The van der Waals surface area contributed by atoms with E-state index in [9.17, 15) is 18.5 Å². The molecule has 7 N–H and O–H groups in total. The molecule has 0 aromatic heterocycles. The van der Waals surface area contributed by atoms with Gasteiger partial charge < -0.3 is 34.2 Å². The van der Waals surface area contributed by atoms with Crippen LogP contribution in [0.5, 0.6) is 0 Å². The van der Waals surface area contributed by atoms with Gasteiger partial charge in [-0.15, -0.1) is 0 Å². The van der Waals surface area contributed by atoms with E-state index in [1.165, 1.54) is 0 Å². The Morgan fingerprint density at radius 1 is 0.600 bits per heavy atom. The minimum atomic E-state index is -4.40. The molecule has 0 saturated heterocycles. The van der Waals surface area contributed by atoms with Crippen LogP contribution in [-0.2, 0) is 13.7 Å². The van der Waals surface area contributed by atoms with E-state index in [4.69, 9.17) is 29.4 Å². The number of rotatable bonds is 9. The lowest BCUT2D eigenvalue weighted by atomic mass is 10.9. The largest absolute Gasteiger partial charge is 0.432 e. The molecule has 0 amide bonds. The van der Waals surface area contributed by atoms with Crippen LogP contribution >= 0.6 is 22.8 Å². The first-order chi connectivity index (χ1) is 8.62. The van der Waals surface area contributed by atoms with E-state index in [-0.39, 0.29) is 18.1 Å². The van der Waals surface area contributed by atoms with E-state index in [1.807, 2.05) is 0 Å². The number of hydrogen-bond donors (Lipinski definition) is 7. The molecule has 20 heavy (non-hydrogen) atoms. The summed E-state index contributed by atoms with van der Waals surface area (Å²) in [5, 5.41) is 0. The van der Waals surface area contributed by atoms with Crippen molar-refractivity contribution in [2.45, 2.75) is 18.1 Å². The molecule has 0 aromatic carbocycles. The van der Waals surface area contributed by atoms with Gasteiger partial charge in [0, 0.05) is 18.5 Å². The molecular formula is C6H19O10P3Si. The summed E-state index contributed by atoms with van der Waals surface area (Å²) in [4.78, 5) is 62.7. The van der Waals surface area contributed by atoms with E-state index in [0.717, 1.165) is 0 Å². The molecule has 0 aliphatic heterocycles. The Bertz CT molecular complexity index is 383. The van der Waals surface area contributed by atoms with Crippen molar-refractivity contribution in [1.82, 2.24) is 0 Å². The van der Waals surface area contributed by atoms with Crippen LogP contribution in [-0.4, -0.2) is 61.0 Å². The van der Waals surface area contributed by atoms with E-state index >= 15 is 0 Å². The highest BCUT2D eigenvalue weighted by Gasteiger charge is 2.37. The molecule has 0 unspecified atom stereocenters. The van der Waals surface area contributed by atoms with Gasteiger partial charge in [0.2, 0.25) is 0 Å². The average Bonchev–Trinajstić information content (AvgIpc) is 2.18. The highest BCUT2D eigenvalue weighted by atomic mass is 31.2. The van der Waals surface area contributed by atoms with Gasteiger partial charge in [0.05, 0.1) is 0 Å². The summed E-state index contributed by atoms with van der Waals surface area (Å²) in [6, 6.07) is -1.13. The van der Waals surface area contributed by atoms with Crippen LogP contribution in [0.25, 0.3) is 0 Å². The van der Waals surface area contributed by atoms with Crippen molar-refractivity contribution in [2.24, 2.45) is 0 Å². The molecule has 122 valence electrons. The first-order valence-electron chi connectivity index (χ1n) is 5.48. The maximum Gasteiger partial charge on any atom is 0.325 e. The van der Waals surface area contributed by atoms with E-state index < -0.39 is 49.6 Å². The van der Waals surface area contributed by atoms with Gasteiger partial charge in [0.25, 0.3) is 0 Å². The van der Waals surface area contributed by atoms with E-state index in [2.05, 4.69) is 0 Å². The van der Waals surface area contributed by atoms with E-state index in [1.54, 1.807) is 0 Å². The minimum absolute atomic E-state index is 0.378. The summed E-state index contributed by atoms with van der Waals surface area (Å²) >= 11 is 0. The van der Waals surface area contributed by atoms with Crippen molar-refractivity contribution in [3.63, 3.8) is 0 Å². The second kappa shape index (κ2) is 7.26. The predicted molar refractivity (Wildman–Crippen MR) is 73.1 cm³/mol. The Morgan fingerprint density at radius 2 is 0.800 bits per heavy atom. The van der Waals surface area contributed by atoms with Gasteiger partial charge in [-0.05, 0) is 18.1 Å². The average molecular weight is 372 g/mol. The maximum atomic E-state index is 10.8. The zero-order valence-electron chi connectivity index (χ0n) is 10.4. The van der Waals surface area contributed by atoms with Crippen LogP contribution in [0.3, 0.4) is 0 Å². The van der Waals surface area contributed by atoms with Crippen LogP contribution in [0.15, 0.2) is 0 Å². The second-order valence-electron chi connectivity index (χ2n) is 4.64. The highest BCUT2D eigenvalue weighted by Crippen LogP contribution is 2.44. The van der Waals surface area contributed by atoms with Gasteiger partial charge in [0.15, 0.2) is 8.32 Å². The van der Waals surface area contributed by atoms with Crippen LogP contribution in [0.1, 0.15) is 0 Å². The van der Waals surface area contributed by atoms with Gasteiger partial charge in [0.1, 0.15) is 0 Å². The van der Waals surface area contributed by atoms with Crippen LogP contribution in [0.4, 0.5) is 0 Å². The fourth-order valence-electron chi connectivity index (χ4n) is 1.44. The third-order valence-corrected chi connectivity index (χ3v) is 9.83. The van der Waals surface area contributed by atoms with Gasteiger partial charge in [-0.1, -0.05) is 0 Å². The Labute approximate surface area is 116 Å². The van der Waals surface area contributed by atoms with Crippen LogP contribution in [0, 0.1) is 0 Å². The summed E-state index contributed by atoms with van der Waals surface area (Å²) in [7, 11) is -16.8. The Balaban J connectivity index is 4.79. The van der Waals surface area contributed by atoms with Gasteiger partial charge >= 0.3 is 22.8 Å². The van der Waals surface area contributed by atoms with Crippen molar-refractivity contribution in [1.29, 1.82) is 0 Å². The van der Waals surface area contributed by atoms with Crippen molar-refractivity contribution in [3.05, 3.63) is 0 Å². The molecule has 14 heteroatoms. The molecule has 10 nitrogen and oxygen atoms in total. The van der Waals surface area contributed by atoms with E-state index in [0.29, 0.717) is 0 Å². The lowest BCUT2D eigenvalue weighted by Gasteiger charge is -2.25. The summed E-state index contributed by atoms with van der Waals surface area (Å²) in [5.41, 5.74) is 0. The molecule has 0 bridgehead atoms. The fourth-order valence-corrected chi connectivity index (χ4v) is 10.7. The quantitative estimate of drug-likeness (QED) is 0.204. The summed E-state index contributed by atoms with van der Waals surface area (Å²) < 4.78 is 32.3. The standard InChI is InChI=1S/C6H19O10P3Si/c7-17(8,9)1-4-20(16,5-2-18(10,11)12)6-3-19(13,14)15/h16H,1-6H2,(H2,7,8,9)(H2,10,11,12)(H2,13,14,15). The van der Waals surface area contributed by atoms with Crippen LogP contribution < -0.4 is 0 Å². The molecule has 0 spiro atoms. The van der Waals surface area contributed by atoms with Gasteiger partial charge in [-0.25, -0.2) is 0 Å². The van der Waals surface area contributed by atoms with Crippen molar-refractivity contribution >= 4 is 31.1 Å². The first kappa shape index (κ1) is 20.6. The fraction of sp³-hybridized carbons (Fsp3) is 1.00. The zero-order valence-corrected chi connectivity index (χ0v) is 14.1. The van der Waals surface area contributed by atoms with Crippen molar-refractivity contribution in [3.8, 4) is 0 Å². The Hall–Kier alpha value is 0.627. The third-order valence-electron chi connectivity index (χ3n) is 2.61. The summed E-state index contributed by atoms with van der Waals surface area (Å²) in [6.07, 6.45) is -2.05. The topological polar surface area (TPSA) is 193 Å². The maximum absolute atomic E-state index is 10.8. The molecule has 0 fully saturated rings. The molecule has 0 aliphatic rings. The summed E-state index contributed by atoms with van der Waals surface area (Å²) in [5.74, 6) is 0. The number of hydrogen-bond acceptors (Lipinski definition) is 4. The zero-order chi connectivity index (χ0) is 16.2. The molecule has 0 radical (unpaired) electrons. The Kier molecular flexibility index (Phi) is 7.49. The molecular weight excluding hydrogens is 353 g/mol. The molecule has 0 heterocycles. The highest BCUT2D eigenvalue weighted by molar-refractivity contribution is 7.52. The van der Waals surface area contributed by atoms with Gasteiger partial charge in [-0.2, -0.15) is 0 Å². The lowest BCUT2D eigenvalue weighted by Crippen LogP contribution is -2.37. The first-order valence-corrected chi connectivity index (χ1v) is 13.4. The second-order valence-corrected chi connectivity index (χ2v) is 13.9. The summed E-state index contributed by atoms with van der Waals surface area (Å²) in [6.45, 7) is 0. The molecule has 0 saturated carbocycles. The Morgan fingerprint density at radius 3 is 0.950 bits per heavy atom. The van der Waals surface area contributed by atoms with Crippen molar-refractivity contribution in [2.75, 3.05) is 18.5 Å². The van der Waals surface area contributed by atoms with Gasteiger partial charge in [-0.3, -0.25) is 13.7 Å². The smallest absolute Gasteiger partial charge is 0.325 e.